The number of hydrogen-bond donors (Lipinski definition) is 11. The van der Waals surface area contributed by atoms with Crippen LogP contribution in [0.1, 0.15) is 168 Å². The third kappa shape index (κ3) is 34.4. The van der Waals surface area contributed by atoms with Gasteiger partial charge in [-0.25, -0.2) is 33.1 Å². The van der Waals surface area contributed by atoms with Crippen LogP contribution in [-0.4, -0.2) is 132 Å². The van der Waals surface area contributed by atoms with Crippen LogP contribution in [-0.2, 0) is 71.2 Å². The fourth-order valence-electron chi connectivity index (χ4n) is 9.44. The minimum Gasteiger partial charge on any atom is -1.00 e. The smallest absolute Gasteiger partial charge is 1.00 e. The molecule has 12 rings (SSSR count). The van der Waals surface area contributed by atoms with E-state index in [0.717, 1.165) is 98.9 Å². The Morgan fingerprint density at radius 1 is 0.541 bits per heavy atom. The van der Waals surface area contributed by atoms with Crippen LogP contribution in [0.2, 0.25) is 0 Å². The second-order valence-corrected chi connectivity index (χ2v) is 24.4. The number of aldehydes is 1. The van der Waals surface area contributed by atoms with Gasteiger partial charge in [0.05, 0.1) is 35.5 Å². The van der Waals surface area contributed by atoms with Crippen molar-refractivity contribution in [1.82, 2.24) is 26.5 Å². The van der Waals surface area contributed by atoms with E-state index in [0.29, 0.717) is 46.7 Å². The second-order valence-electron chi connectivity index (χ2n) is 24.4. The molecule has 5 saturated carbocycles. The maximum atomic E-state index is 12.7. The number of hydrogen-bond acceptors (Lipinski definition) is 19. The maximum Gasteiger partial charge on any atom is 2.00 e. The number of aromatic carboxylic acids is 1. The van der Waals surface area contributed by atoms with Crippen molar-refractivity contribution < 1.29 is 129 Å². The van der Waals surface area contributed by atoms with Crippen molar-refractivity contribution in [2.45, 2.75) is 148 Å². The van der Waals surface area contributed by atoms with Gasteiger partial charge in [0.2, 0.25) is 18.1 Å². The molecule has 14 N–H and O–H groups in total. The minimum absolute atomic E-state index is 0. The Morgan fingerprint density at radius 2 is 0.908 bits per heavy atom. The number of rotatable bonds is 20. The number of amides is 3. The molecule has 5 aliphatic carbocycles. The fraction of sp³-hybridized carbons (Fsp3) is 0.387. The molecule has 23 nitrogen and oxygen atoms in total. The summed E-state index contributed by atoms with van der Waals surface area (Å²) in [5.41, 5.74) is 9.40. The minimum atomic E-state index is -4.40. The normalized spacial score (nSPS) is 14.6. The van der Waals surface area contributed by atoms with Crippen LogP contribution in [0, 0.1) is 30.1 Å². The summed E-state index contributed by atoms with van der Waals surface area (Å²) in [6.45, 7) is 3.99. The molecule has 7 aromatic rings. The summed E-state index contributed by atoms with van der Waals surface area (Å²) < 4.78 is 128. The van der Waals surface area contributed by atoms with Gasteiger partial charge in [-0.05, 0) is 196 Å². The molecule has 6 aromatic carbocycles. The summed E-state index contributed by atoms with van der Waals surface area (Å²) in [6, 6.07) is 34.9. The number of nitrogens with zero attached hydrogens (tertiary/aromatic N) is 2. The Balaban J connectivity index is 0.000000462. The number of nitrogens with one attached hydrogen (secondary N) is 3. The molecule has 5 fully saturated rings. The van der Waals surface area contributed by atoms with E-state index in [1.165, 1.54) is 55.3 Å². The molecule has 5 aliphatic rings. The molecule has 0 radical (unpaired) electrons. The quantitative estimate of drug-likeness (QED) is 0.00405. The molecule has 109 heavy (non-hydrogen) atoms. The molecule has 590 valence electrons. The Labute approximate surface area is 650 Å². The Hall–Kier alpha value is -8.71. The molecule has 4 atom stereocenters. The number of carbonyl (C=O) groups excluding carboxylic acids is 6. The predicted molar refractivity (Wildman–Crippen MR) is 378 cm³/mol. The van der Waals surface area contributed by atoms with Crippen LogP contribution in [0.5, 0.6) is 0 Å². The number of benzene rings is 6. The van der Waals surface area contributed by atoms with E-state index < -0.39 is 95.3 Å². The Kier molecular flexibility index (Phi) is 41.9. The van der Waals surface area contributed by atoms with Gasteiger partial charge < -0.3 is 62.8 Å². The molecule has 0 spiro atoms. The largest absolute Gasteiger partial charge is 2.00 e. The molecule has 0 saturated heterocycles. The van der Waals surface area contributed by atoms with Crippen LogP contribution >= 0.6 is 0 Å². The molecule has 34 heteroatoms. The van der Waals surface area contributed by atoms with Gasteiger partial charge >= 0.3 is 59.5 Å². The zero-order valence-corrected chi connectivity index (χ0v) is 61.7. The van der Waals surface area contributed by atoms with E-state index >= 15 is 0 Å². The van der Waals surface area contributed by atoms with Crippen LogP contribution in [0.3, 0.4) is 0 Å². The van der Waals surface area contributed by atoms with Crippen molar-refractivity contribution in [2.24, 2.45) is 41.2 Å². The number of esters is 2. The first-order valence-corrected chi connectivity index (χ1v) is 33.4. The third-order valence-corrected chi connectivity index (χ3v) is 15.9. The van der Waals surface area contributed by atoms with E-state index in [-0.39, 0.29) is 114 Å². The van der Waals surface area contributed by atoms with Crippen LogP contribution in [0.25, 0.3) is 11.5 Å². The number of ether oxygens (including phenoxy) is 2. The molecule has 4 unspecified atom stereocenters. The number of carboxylic acid groups (broad SMARTS) is 1. The molecule has 3 amide bonds. The summed E-state index contributed by atoms with van der Waals surface area (Å²) in [5, 5.41) is 55.0. The van der Waals surface area contributed by atoms with E-state index in [9.17, 15) is 83.3 Å². The van der Waals surface area contributed by atoms with Crippen molar-refractivity contribution >= 4 is 65.0 Å². The van der Waals surface area contributed by atoms with Crippen molar-refractivity contribution in [3.05, 3.63) is 219 Å². The summed E-state index contributed by atoms with van der Waals surface area (Å²) in [4.78, 5) is 75.7. The van der Waals surface area contributed by atoms with E-state index in [4.69, 9.17) is 25.6 Å². The standard InChI is InChI=1S/C20H19F3N2O3.C20H17F3N2O2.C15H11F3O2.C7H12O3.C5H10N2O2.C4H6O3.C3H5.CH4.BrH.Mg.H4N2/c21-20(22,23)15-9-5-12(6-10-15)11-14-3-1-2-4-16(14)18(27)24-25-19(28)17(26)13-7-8-13;21-20(22,23)15-9-5-12(6-10-15)11-14-3-1-2-4-16(14)18-24-25-19(27-18)17(26)13-7-8-13;16-15(17,18)12-7-5-10(6-8-12)9-11-3-1-2-4-13(11)14(19)20;1-2-10-7(9)6(8)5-3-4-5;6-7-5(9)4(8)3-1-2-3;1-2-7-4(6)3-5;1-2-3-1;;;;1-2/h1-6,9-10,13,17,26H,7-8,11H2,(H,24,27)(H,25,28);1-6,9-10,13,17,26H,7-8,11H2;1-8H,9H2,(H,19,20);5-6,8H,2-4H2,1H3;3-4,8H,1-2,6H2,(H,7,9);3H,2H2,1H3;1H,2-3H2;1H4;1H;;1-2H2/q;;;;;;-1;;;+2;/p-1. The van der Waals surface area contributed by atoms with Crippen molar-refractivity contribution in [3.63, 3.8) is 0 Å². The van der Waals surface area contributed by atoms with E-state index in [1.807, 2.05) is 29.7 Å². The molecule has 0 aliphatic heterocycles. The summed E-state index contributed by atoms with van der Waals surface area (Å²) >= 11 is 0. The van der Waals surface area contributed by atoms with Crippen LogP contribution in [0.15, 0.2) is 150 Å². The molecular weight excluding hydrogens is 1530 g/mol. The van der Waals surface area contributed by atoms with Crippen molar-refractivity contribution in [1.29, 1.82) is 0 Å². The number of carbonyl (C=O) groups is 7. The topological polar surface area (TPSA) is 392 Å². The first-order valence-electron chi connectivity index (χ1n) is 33.4. The predicted octanol–water partition coefficient (Wildman–Crippen LogP) is 7.49. The second kappa shape index (κ2) is 47.4. The Bertz CT molecular complexity index is 3940. The molecule has 1 aromatic heterocycles. The van der Waals surface area contributed by atoms with Gasteiger partial charge in [-0.1, -0.05) is 98.4 Å². The number of alkyl halides is 9. The maximum absolute atomic E-state index is 12.7. The average Bonchev–Trinajstić information content (AvgIpc) is 1.81. The van der Waals surface area contributed by atoms with Gasteiger partial charge in [-0.3, -0.25) is 47.1 Å². The van der Waals surface area contributed by atoms with Gasteiger partial charge in [0.25, 0.3) is 17.7 Å². The fourth-order valence-corrected chi connectivity index (χ4v) is 9.44. The van der Waals surface area contributed by atoms with E-state index in [2.05, 4.69) is 48.6 Å². The summed E-state index contributed by atoms with van der Waals surface area (Å²) in [5.74, 6) is 9.70. The number of aromatic nitrogens is 2. The number of nitrogens with two attached hydrogens (primary N) is 3. The number of hydrazine groups is 3. The SMILES string of the molecule is C.CCOC(=O)C(O)C1CC1.CCOC(=O)C=O.NN.NNC(=O)C(O)C1CC1.O=C(NNC(=O)C(O)C1CC1)c1ccccc1Cc1ccc(C(F)(F)F)cc1.O=C(O)c1ccccc1Cc1ccc(C(F)(F)F)cc1.OC(c1nnc(-c2ccccc2Cc2ccc(C(F)(F)F)cc2)o1)C1CC1.[Br-].[CH-]1CC1.[Mg+2]. The first kappa shape index (κ1) is 96.4. The number of aliphatic hydroxyl groups is 4. The zero-order valence-electron chi connectivity index (χ0n) is 58.7. The molecular formula is C75H88BrF9MgN8O15. The van der Waals surface area contributed by atoms with Gasteiger partial charge in [0, 0.05) is 11.1 Å². The van der Waals surface area contributed by atoms with Crippen LogP contribution < -0.4 is 50.8 Å². The first-order chi connectivity index (χ1) is 50.4. The average molecular weight is 1620 g/mol. The van der Waals surface area contributed by atoms with Crippen LogP contribution in [0.4, 0.5) is 39.5 Å². The third-order valence-electron chi connectivity index (χ3n) is 15.9. The summed E-state index contributed by atoms with van der Waals surface area (Å²) in [6.07, 6.45) is -3.41. The van der Waals surface area contributed by atoms with Gasteiger partial charge in [0.15, 0.2) is 6.10 Å². The van der Waals surface area contributed by atoms with Crippen molar-refractivity contribution in [3.8, 4) is 11.5 Å². The molecule has 0 bridgehead atoms. The van der Waals surface area contributed by atoms with Crippen molar-refractivity contribution in [2.75, 3.05) is 13.2 Å². The molecule has 1 heterocycles. The summed E-state index contributed by atoms with van der Waals surface area (Å²) in [7, 11) is 0. The van der Waals surface area contributed by atoms with Gasteiger partial charge in [-0.2, -0.15) is 39.5 Å². The monoisotopic (exact) mass is 1610 g/mol. The number of halogens is 10. The number of carboxylic acids is 1. The Morgan fingerprint density at radius 3 is 1.28 bits per heavy atom. The van der Waals surface area contributed by atoms with Gasteiger partial charge in [0.1, 0.15) is 18.3 Å². The zero-order chi connectivity index (χ0) is 78.3. The van der Waals surface area contributed by atoms with E-state index in [1.54, 1.807) is 56.3 Å². The van der Waals surface area contributed by atoms with Gasteiger partial charge in [-0.15, -0.1) is 10.2 Å². The number of aliphatic hydroxyl groups excluding tert-OH is 4.